The van der Waals surface area contributed by atoms with Gasteiger partial charge in [-0.3, -0.25) is 14.4 Å². The molecule has 3 rings (SSSR count). The van der Waals surface area contributed by atoms with Crippen LogP contribution in [-0.2, 0) is 13.1 Å². The summed E-state index contributed by atoms with van der Waals surface area (Å²) in [6.07, 6.45) is 5.40. The van der Waals surface area contributed by atoms with Gasteiger partial charge in [0.05, 0.1) is 24.0 Å². The van der Waals surface area contributed by atoms with Crippen LogP contribution in [-0.4, -0.2) is 40.0 Å². The first-order valence-corrected chi connectivity index (χ1v) is 7.60. The first kappa shape index (κ1) is 13.1. The normalized spacial score (nSPS) is 20.9. The molecule has 0 spiro atoms. The minimum absolute atomic E-state index is 0.0113. The van der Waals surface area contributed by atoms with Gasteiger partial charge in [-0.15, -0.1) is 9.24 Å². The van der Waals surface area contributed by atoms with E-state index in [4.69, 9.17) is 0 Å². The van der Waals surface area contributed by atoms with Crippen LogP contribution in [0.5, 0.6) is 0 Å². The fourth-order valence-corrected chi connectivity index (χ4v) is 3.11. The molecule has 19 heavy (non-hydrogen) atoms. The van der Waals surface area contributed by atoms with Crippen LogP contribution in [0.4, 0.5) is 0 Å². The molecular formula is C13H21N4OP. The molecule has 2 unspecified atom stereocenters. The molecule has 1 aromatic rings. The zero-order valence-electron chi connectivity index (χ0n) is 11.3. The summed E-state index contributed by atoms with van der Waals surface area (Å²) in [6, 6.07) is 0. The Balaban J connectivity index is 1.67. The highest BCUT2D eigenvalue weighted by Crippen LogP contribution is 2.34. The van der Waals surface area contributed by atoms with Crippen molar-refractivity contribution in [2.75, 3.05) is 13.6 Å². The summed E-state index contributed by atoms with van der Waals surface area (Å²) in [5.74, 6) is 1.00. The SMILES string of the molecule is CN1CCn2ncc(C(=O)NC(P)CC3CC3)c2C1. The molecule has 1 aromatic heterocycles. The van der Waals surface area contributed by atoms with E-state index in [1.807, 2.05) is 4.68 Å². The van der Waals surface area contributed by atoms with E-state index in [9.17, 15) is 4.79 Å². The summed E-state index contributed by atoms with van der Waals surface area (Å²) in [5.41, 5.74) is 1.77. The summed E-state index contributed by atoms with van der Waals surface area (Å²) in [4.78, 5) is 14.5. The molecular weight excluding hydrogens is 259 g/mol. The molecule has 1 saturated carbocycles. The van der Waals surface area contributed by atoms with Crippen LogP contribution in [0.3, 0.4) is 0 Å². The number of rotatable bonds is 4. The lowest BCUT2D eigenvalue weighted by molar-refractivity contribution is 0.0945. The molecule has 1 fully saturated rings. The van der Waals surface area contributed by atoms with Crippen LogP contribution >= 0.6 is 9.24 Å². The van der Waals surface area contributed by atoms with Crippen molar-refractivity contribution in [3.63, 3.8) is 0 Å². The summed E-state index contributed by atoms with van der Waals surface area (Å²) in [5, 5.41) is 7.39. The Hall–Kier alpha value is -0.930. The summed E-state index contributed by atoms with van der Waals surface area (Å²) in [7, 11) is 4.81. The van der Waals surface area contributed by atoms with E-state index in [1.165, 1.54) is 12.8 Å². The highest BCUT2D eigenvalue weighted by molar-refractivity contribution is 7.17. The van der Waals surface area contributed by atoms with E-state index in [2.05, 4.69) is 31.6 Å². The van der Waals surface area contributed by atoms with Crippen LogP contribution in [0.15, 0.2) is 6.20 Å². The summed E-state index contributed by atoms with van der Waals surface area (Å²) < 4.78 is 1.95. The van der Waals surface area contributed by atoms with E-state index in [-0.39, 0.29) is 11.7 Å². The Morgan fingerprint density at radius 2 is 2.37 bits per heavy atom. The van der Waals surface area contributed by atoms with E-state index >= 15 is 0 Å². The minimum atomic E-state index is 0.0113. The molecule has 0 saturated heterocycles. The van der Waals surface area contributed by atoms with E-state index in [0.29, 0.717) is 0 Å². The number of hydrogen-bond donors (Lipinski definition) is 1. The molecule has 2 heterocycles. The first-order valence-electron chi connectivity index (χ1n) is 6.93. The number of nitrogens with zero attached hydrogens (tertiary/aromatic N) is 3. The summed E-state index contributed by atoms with van der Waals surface area (Å²) in [6.45, 7) is 2.65. The van der Waals surface area contributed by atoms with Crippen LogP contribution in [0.25, 0.3) is 0 Å². The van der Waals surface area contributed by atoms with Gasteiger partial charge in [0, 0.05) is 18.9 Å². The Kier molecular flexibility index (Phi) is 3.59. The number of fused-ring (bicyclic) bond motifs is 1. The molecule has 0 aromatic carbocycles. The van der Waals surface area contributed by atoms with Gasteiger partial charge in [0.1, 0.15) is 0 Å². The molecule has 0 radical (unpaired) electrons. The highest BCUT2D eigenvalue weighted by Gasteiger charge is 2.26. The van der Waals surface area contributed by atoms with Crippen molar-refractivity contribution in [1.29, 1.82) is 0 Å². The lowest BCUT2D eigenvalue weighted by atomic mass is 10.2. The lowest BCUT2D eigenvalue weighted by Crippen LogP contribution is -2.34. The molecule has 2 atom stereocenters. The fourth-order valence-electron chi connectivity index (χ4n) is 2.58. The van der Waals surface area contributed by atoms with E-state index in [0.717, 1.165) is 43.2 Å². The smallest absolute Gasteiger partial charge is 0.255 e. The van der Waals surface area contributed by atoms with Gasteiger partial charge in [-0.25, -0.2) is 0 Å². The zero-order chi connectivity index (χ0) is 13.4. The lowest BCUT2D eigenvalue weighted by Gasteiger charge is -2.24. The molecule has 1 aliphatic heterocycles. The van der Waals surface area contributed by atoms with Gasteiger partial charge in [-0.2, -0.15) is 5.10 Å². The number of carbonyl (C=O) groups excluding carboxylic acids is 1. The van der Waals surface area contributed by atoms with Crippen molar-refractivity contribution in [1.82, 2.24) is 20.0 Å². The second kappa shape index (κ2) is 5.22. The fraction of sp³-hybridized carbons (Fsp3) is 0.692. The maximum atomic E-state index is 12.3. The second-order valence-electron chi connectivity index (χ2n) is 5.72. The third-order valence-corrected chi connectivity index (χ3v) is 4.35. The molecule has 5 nitrogen and oxygen atoms in total. The molecule has 1 amide bonds. The maximum Gasteiger partial charge on any atom is 0.255 e. The number of carbonyl (C=O) groups is 1. The van der Waals surface area contributed by atoms with Crippen LogP contribution < -0.4 is 5.32 Å². The largest absolute Gasteiger partial charge is 0.346 e. The molecule has 2 aliphatic rings. The van der Waals surface area contributed by atoms with Crippen molar-refractivity contribution in [2.24, 2.45) is 5.92 Å². The zero-order valence-corrected chi connectivity index (χ0v) is 12.5. The second-order valence-corrected chi connectivity index (χ2v) is 6.53. The topological polar surface area (TPSA) is 50.2 Å². The van der Waals surface area contributed by atoms with E-state index < -0.39 is 0 Å². The van der Waals surface area contributed by atoms with E-state index in [1.54, 1.807) is 6.20 Å². The average Bonchev–Trinajstić information content (AvgIpc) is 3.06. The van der Waals surface area contributed by atoms with Crippen LogP contribution in [0, 0.1) is 5.92 Å². The Morgan fingerprint density at radius 3 is 3.11 bits per heavy atom. The van der Waals surface area contributed by atoms with Gasteiger partial charge in [0.2, 0.25) is 0 Å². The molecule has 0 bridgehead atoms. The molecule has 1 N–H and O–H groups in total. The van der Waals surface area contributed by atoms with Gasteiger partial charge >= 0.3 is 0 Å². The maximum absolute atomic E-state index is 12.3. The number of likely N-dealkylation sites (N-methyl/N-ethyl adjacent to an activating group) is 1. The summed E-state index contributed by atoms with van der Waals surface area (Å²) >= 11 is 0. The van der Waals surface area contributed by atoms with Crippen molar-refractivity contribution in [3.05, 3.63) is 17.5 Å². The van der Waals surface area contributed by atoms with Gasteiger partial charge in [0.15, 0.2) is 0 Å². The Bertz CT molecular complexity index is 483. The highest BCUT2D eigenvalue weighted by atomic mass is 31.0. The molecule has 6 heteroatoms. The minimum Gasteiger partial charge on any atom is -0.346 e. The standard InChI is InChI=1S/C13H21N4OP/c1-16-4-5-17-11(8-16)10(7-14-17)13(18)15-12(19)6-9-2-3-9/h7,9,12H,2-6,8,19H2,1H3,(H,15,18). The van der Waals surface area contributed by atoms with Crippen LogP contribution in [0.2, 0.25) is 0 Å². The van der Waals surface area contributed by atoms with Crippen molar-refractivity contribution < 1.29 is 4.79 Å². The number of nitrogens with one attached hydrogen (secondary N) is 1. The monoisotopic (exact) mass is 280 g/mol. The molecule has 104 valence electrons. The number of hydrogen-bond acceptors (Lipinski definition) is 3. The quantitative estimate of drug-likeness (QED) is 0.839. The first-order chi connectivity index (χ1) is 9.13. The van der Waals surface area contributed by atoms with Crippen molar-refractivity contribution in [3.8, 4) is 0 Å². The van der Waals surface area contributed by atoms with Gasteiger partial charge in [-0.05, 0) is 19.4 Å². The number of amides is 1. The number of aromatic nitrogens is 2. The third kappa shape index (κ3) is 2.98. The van der Waals surface area contributed by atoms with Crippen molar-refractivity contribution >= 4 is 15.1 Å². The predicted octanol–water partition coefficient (Wildman–Crippen LogP) is 1.06. The third-order valence-electron chi connectivity index (χ3n) is 3.91. The predicted molar refractivity (Wildman–Crippen MR) is 76.9 cm³/mol. The van der Waals surface area contributed by atoms with Gasteiger partial charge < -0.3 is 5.32 Å². The Morgan fingerprint density at radius 1 is 1.58 bits per heavy atom. The average molecular weight is 280 g/mol. The Labute approximate surface area is 115 Å². The molecule has 1 aliphatic carbocycles. The van der Waals surface area contributed by atoms with Gasteiger partial charge in [0.25, 0.3) is 5.91 Å². The van der Waals surface area contributed by atoms with Gasteiger partial charge in [-0.1, -0.05) is 12.8 Å². The van der Waals surface area contributed by atoms with Crippen LogP contribution in [0.1, 0.15) is 35.3 Å². The van der Waals surface area contributed by atoms with Crippen molar-refractivity contribution in [2.45, 2.75) is 38.1 Å².